The van der Waals surface area contributed by atoms with Crippen molar-refractivity contribution in [3.05, 3.63) is 24.0 Å². The van der Waals surface area contributed by atoms with Gasteiger partial charge in [-0.3, -0.25) is 15.6 Å². The summed E-state index contributed by atoms with van der Waals surface area (Å²) in [7, 11) is 1.87. The van der Waals surface area contributed by atoms with E-state index in [1.807, 2.05) is 11.9 Å². The summed E-state index contributed by atoms with van der Waals surface area (Å²) in [5.41, 5.74) is 3.71. The Kier molecular flexibility index (Phi) is 4.37. The highest BCUT2D eigenvalue weighted by atomic mass is 16.2. The molecule has 1 amide bonds. The summed E-state index contributed by atoms with van der Waals surface area (Å²) in [5.74, 6) is 6.12. The van der Waals surface area contributed by atoms with E-state index in [2.05, 4.69) is 17.3 Å². The molecule has 0 bridgehead atoms. The van der Waals surface area contributed by atoms with Gasteiger partial charge in [0.25, 0.3) is 5.91 Å². The summed E-state index contributed by atoms with van der Waals surface area (Å²) in [4.78, 5) is 18.4. The summed E-state index contributed by atoms with van der Waals surface area (Å²) < 4.78 is 0. The van der Waals surface area contributed by atoms with Crippen LogP contribution >= 0.6 is 0 Å². The highest BCUT2D eigenvalue weighted by Gasteiger charge is 2.27. The van der Waals surface area contributed by atoms with Gasteiger partial charge < -0.3 is 10.3 Å². The molecule has 2 rings (SSSR count). The molecule has 19 heavy (non-hydrogen) atoms. The van der Waals surface area contributed by atoms with Crippen LogP contribution in [0.25, 0.3) is 0 Å². The number of rotatable bonds is 3. The van der Waals surface area contributed by atoms with Crippen LogP contribution in [0.1, 0.15) is 43.0 Å². The van der Waals surface area contributed by atoms with Gasteiger partial charge in [-0.25, -0.2) is 0 Å². The van der Waals surface area contributed by atoms with Crippen molar-refractivity contribution in [2.45, 2.75) is 38.6 Å². The maximum atomic E-state index is 12.5. The first kappa shape index (κ1) is 13.8. The molecule has 2 atom stereocenters. The van der Waals surface area contributed by atoms with Crippen LogP contribution in [0, 0.1) is 5.92 Å². The van der Waals surface area contributed by atoms with Gasteiger partial charge in [0, 0.05) is 25.5 Å². The maximum Gasteiger partial charge on any atom is 0.257 e. The number of hydrogen-bond donors (Lipinski definition) is 2. The Morgan fingerprint density at radius 2 is 2.32 bits per heavy atom. The van der Waals surface area contributed by atoms with Gasteiger partial charge in [-0.05, 0) is 24.8 Å². The fourth-order valence-corrected chi connectivity index (χ4v) is 2.80. The lowest BCUT2D eigenvalue weighted by atomic mass is 9.86. The van der Waals surface area contributed by atoms with E-state index in [-0.39, 0.29) is 5.91 Å². The smallest absolute Gasteiger partial charge is 0.257 e. The van der Waals surface area contributed by atoms with E-state index in [0.717, 1.165) is 12.8 Å². The van der Waals surface area contributed by atoms with E-state index >= 15 is 0 Å². The molecule has 5 nitrogen and oxygen atoms in total. The molecule has 1 saturated carbocycles. The monoisotopic (exact) mass is 262 g/mol. The van der Waals surface area contributed by atoms with Crippen molar-refractivity contribution in [2.75, 3.05) is 12.5 Å². The van der Waals surface area contributed by atoms with Crippen LogP contribution in [0.2, 0.25) is 0 Å². The number of aromatic nitrogens is 1. The normalized spacial score (nSPS) is 22.9. The number of nitrogens with two attached hydrogens (primary N) is 1. The Balaban J connectivity index is 2.14. The lowest BCUT2D eigenvalue weighted by Crippen LogP contribution is -2.40. The molecule has 1 fully saturated rings. The zero-order valence-corrected chi connectivity index (χ0v) is 11.6. The Labute approximate surface area is 114 Å². The molecular weight excluding hydrogens is 240 g/mol. The molecule has 0 aromatic carbocycles. The second-order valence-corrected chi connectivity index (χ2v) is 5.41. The Hall–Kier alpha value is -1.62. The third kappa shape index (κ3) is 3.04. The molecule has 5 heteroatoms. The average Bonchev–Trinajstić information content (AvgIpc) is 2.45. The van der Waals surface area contributed by atoms with Crippen molar-refractivity contribution < 1.29 is 4.79 Å². The SMILES string of the molecule is CC1CCCC(N(C)C(=O)c2cnccc2NN)C1. The number of hydrogen-bond acceptors (Lipinski definition) is 4. The first-order chi connectivity index (χ1) is 9.13. The fourth-order valence-electron chi connectivity index (χ4n) is 2.80. The molecule has 104 valence electrons. The number of nitrogens with one attached hydrogen (secondary N) is 1. The zero-order valence-electron chi connectivity index (χ0n) is 11.6. The van der Waals surface area contributed by atoms with E-state index in [0.29, 0.717) is 23.2 Å². The van der Waals surface area contributed by atoms with Gasteiger partial charge in [0.15, 0.2) is 0 Å². The average molecular weight is 262 g/mol. The number of pyridine rings is 1. The van der Waals surface area contributed by atoms with Crippen LogP contribution in [0.4, 0.5) is 5.69 Å². The molecule has 1 aliphatic rings. The third-order valence-corrected chi connectivity index (χ3v) is 3.98. The molecule has 1 aromatic rings. The van der Waals surface area contributed by atoms with E-state index < -0.39 is 0 Å². The minimum Gasteiger partial charge on any atom is -0.339 e. The third-order valence-electron chi connectivity index (χ3n) is 3.98. The molecule has 0 spiro atoms. The Bertz CT molecular complexity index is 449. The van der Waals surface area contributed by atoms with E-state index in [1.165, 1.54) is 12.8 Å². The van der Waals surface area contributed by atoms with Crippen molar-refractivity contribution in [2.24, 2.45) is 11.8 Å². The summed E-state index contributed by atoms with van der Waals surface area (Å²) in [6, 6.07) is 2.03. The number of hydrazine groups is 1. The Morgan fingerprint density at radius 1 is 1.53 bits per heavy atom. The number of carbonyl (C=O) groups is 1. The van der Waals surface area contributed by atoms with Crippen molar-refractivity contribution in [1.82, 2.24) is 9.88 Å². The van der Waals surface area contributed by atoms with Gasteiger partial charge in [-0.15, -0.1) is 0 Å². The predicted molar refractivity (Wildman–Crippen MR) is 75.6 cm³/mol. The number of nitrogen functional groups attached to an aromatic ring is 1. The van der Waals surface area contributed by atoms with Gasteiger partial charge in [-0.1, -0.05) is 19.8 Å². The van der Waals surface area contributed by atoms with Gasteiger partial charge in [-0.2, -0.15) is 0 Å². The van der Waals surface area contributed by atoms with Crippen molar-refractivity contribution >= 4 is 11.6 Å². The molecule has 3 N–H and O–H groups in total. The number of amides is 1. The molecular formula is C14H22N4O. The number of carbonyl (C=O) groups excluding carboxylic acids is 1. The van der Waals surface area contributed by atoms with Crippen LogP contribution in [0.15, 0.2) is 18.5 Å². The topological polar surface area (TPSA) is 71.2 Å². The second kappa shape index (κ2) is 6.02. The Morgan fingerprint density at radius 3 is 3.00 bits per heavy atom. The highest BCUT2D eigenvalue weighted by molar-refractivity contribution is 5.99. The minimum atomic E-state index is -0.0137. The summed E-state index contributed by atoms with van der Waals surface area (Å²) in [6.07, 6.45) is 7.81. The largest absolute Gasteiger partial charge is 0.339 e. The highest BCUT2D eigenvalue weighted by Crippen LogP contribution is 2.28. The zero-order chi connectivity index (χ0) is 13.8. The predicted octanol–water partition coefficient (Wildman–Crippen LogP) is 2.02. The minimum absolute atomic E-state index is 0.0137. The van der Waals surface area contributed by atoms with Crippen molar-refractivity contribution in [3.8, 4) is 0 Å². The maximum absolute atomic E-state index is 12.5. The van der Waals surface area contributed by atoms with Crippen LogP contribution in [-0.4, -0.2) is 28.9 Å². The lowest BCUT2D eigenvalue weighted by Gasteiger charge is -2.34. The summed E-state index contributed by atoms with van der Waals surface area (Å²) in [6.45, 7) is 2.25. The van der Waals surface area contributed by atoms with Crippen LogP contribution in [0.5, 0.6) is 0 Å². The van der Waals surface area contributed by atoms with Gasteiger partial charge in [0.1, 0.15) is 0 Å². The molecule has 1 aliphatic carbocycles. The second-order valence-electron chi connectivity index (χ2n) is 5.41. The number of nitrogens with zero attached hydrogens (tertiary/aromatic N) is 2. The van der Waals surface area contributed by atoms with Gasteiger partial charge >= 0.3 is 0 Å². The van der Waals surface area contributed by atoms with Crippen LogP contribution in [-0.2, 0) is 0 Å². The first-order valence-electron chi connectivity index (χ1n) is 6.81. The molecule has 1 heterocycles. The quantitative estimate of drug-likeness (QED) is 0.646. The molecule has 0 aliphatic heterocycles. The van der Waals surface area contributed by atoms with E-state index in [9.17, 15) is 4.79 Å². The molecule has 1 aromatic heterocycles. The van der Waals surface area contributed by atoms with Crippen LogP contribution < -0.4 is 11.3 Å². The first-order valence-corrected chi connectivity index (χ1v) is 6.81. The summed E-state index contributed by atoms with van der Waals surface area (Å²) in [5, 5.41) is 0. The van der Waals surface area contributed by atoms with E-state index in [1.54, 1.807) is 18.5 Å². The molecule has 0 saturated heterocycles. The van der Waals surface area contributed by atoms with Crippen molar-refractivity contribution in [1.29, 1.82) is 0 Å². The summed E-state index contributed by atoms with van der Waals surface area (Å²) >= 11 is 0. The lowest BCUT2D eigenvalue weighted by molar-refractivity contribution is 0.0673. The van der Waals surface area contributed by atoms with Crippen molar-refractivity contribution in [3.63, 3.8) is 0 Å². The fraction of sp³-hybridized carbons (Fsp3) is 0.571. The standard InChI is InChI=1S/C14H22N4O/c1-10-4-3-5-11(8-10)18(2)14(19)12-9-16-7-6-13(12)17-15/h6-7,9-11H,3-5,8,15H2,1-2H3,(H,16,17). The molecule has 2 unspecified atom stereocenters. The molecule has 0 radical (unpaired) electrons. The van der Waals surface area contributed by atoms with Crippen LogP contribution in [0.3, 0.4) is 0 Å². The van der Waals surface area contributed by atoms with Gasteiger partial charge in [0.2, 0.25) is 0 Å². The van der Waals surface area contributed by atoms with Gasteiger partial charge in [0.05, 0.1) is 11.3 Å². The number of anilines is 1. The van der Waals surface area contributed by atoms with E-state index in [4.69, 9.17) is 5.84 Å².